The number of nitrogens with one attached hydrogen (secondary N) is 1. The van der Waals surface area contributed by atoms with Crippen molar-refractivity contribution in [1.29, 1.82) is 0 Å². The minimum Gasteiger partial charge on any atom is -0.271 e. The molecule has 0 aromatic carbocycles. The Bertz CT molecular complexity index is 324. The van der Waals surface area contributed by atoms with Gasteiger partial charge in [0.1, 0.15) is 0 Å². The van der Waals surface area contributed by atoms with E-state index in [-0.39, 0.29) is 17.7 Å². The maximum Gasteiger partial charge on any atom is 0.150 e. The number of nitrogens with two attached hydrogens (primary N) is 1. The SMILES string of the molecule is C=C(CC)CC(NN)C1CCS(=O)(=O)C1. The van der Waals surface area contributed by atoms with Gasteiger partial charge in [-0.05, 0) is 25.2 Å². The summed E-state index contributed by atoms with van der Waals surface area (Å²) in [5.74, 6) is 6.16. The molecule has 0 amide bonds. The van der Waals surface area contributed by atoms with E-state index in [2.05, 4.69) is 12.0 Å². The summed E-state index contributed by atoms with van der Waals surface area (Å²) in [5, 5.41) is 0. The summed E-state index contributed by atoms with van der Waals surface area (Å²) < 4.78 is 22.7. The molecule has 1 rings (SSSR count). The minimum absolute atomic E-state index is 0.0507. The van der Waals surface area contributed by atoms with E-state index < -0.39 is 9.84 Å². The minimum atomic E-state index is -2.82. The zero-order valence-corrected chi connectivity index (χ0v) is 10.0. The van der Waals surface area contributed by atoms with Gasteiger partial charge in [-0.15, -0.1) is 0 Å². The van der Waals surface area contributed by atoms with Crippen LogP contribution in [0.5, 0.6) is 0 Å². The van der Waals surface area contributed by atoms with Gasteiger partial charge in [0.25, 0.3) is 0 Å². The first kappa shape index (κ1) is 12.7. The molecule has 1 aliphatic heterocycles. The molecule has 0 aromatic rings. The molecular weight excluding hydrogens is 212 g/mol. The maximum atomic E-state index is 11.3. The van der Waals surface area contributed by atoms with E-state index in [1.807, 2.05) is 6.92 Å². The molecule has 1 fully saturated rings. The number of sulfone groups is 1. The Kier molecular flexibility index (Phi) is 4.31. The van der Waals surface area contributed by atoms with Gasteiger partial charge in [0.05, 0.1) is 11.5 Å². The van der Waals surface area contributed by atoms with Crippen molar-refractivity contribution in [3.05, 3.63) is 12.2 Å². The Labute approximate surface area is 91.8 Å². The molecule has 88 valence electrons. The molecule has 1 aliphatic rings. The molecule has 4 nitrogen and oxygen atoms in total. The Balaban J connectivity index is 2.57. The monoisotopic (exact) mass is 232 g/mol. The predicted molar refractivity (Wildman–Crippen MR) is 61.9 cm³/mol. The Morgan fingerprint density at radius 1 is 1.67 bits per heavy atom. The molecule has 5 heteroatoms. The molecule has 15 heavy (non-hydrogen) atoms. The van der Waals surface area contributed by atoms with Crippen molar-refractivity contribution in [3.63, 3.8) is 0 Å². The molecule has 0 spiro atoms. The van der Waals surface area contributed by atoms with Gasteiger partial charge >= 0.3 is 0 Å². The highest BCUT2D eigenvalue weighted by atomic mass is 32.2. The molecule has 1 heterocycles. The van der Waals surface area contributed by atoms with Crippen molar-refractivity contribution >= 4 is 9.84 Å². The van der Waals surface area contributed by atoms with Crippen LogP contribution < -0.4 is 11.3 Å². The van der Waals surface area contributed by atoms with E-state index >= 15 is 0 Å². The van der Waals surface area contributed by atoms with Gasteiger partial charge in [0, 0.05) is 6.04 Å². The smallest absolute Gasteiger partial charge is 0.150 e. The molecule has 0 aromatic heterocycles. The van der Waals surface area contributed by atoms with Gasteiger partial charge in [0.2, 0.25) is 0 Å². The van der Waals surface area contributed by atoms with Crippen molar-refractivity contribution < 1.29 is 8.42 Å². The fraction of sp³-hybridized carbons (Fsp3) is 0.800. The molecule has 1 saturated heterocycles. The van der Waals surface area contributed by atoms with Gasteiger partial charge in [-0.25, -0.2) is 8.42 Å². The van der Waals surface area contributed by atoms with Crippen LogP contribution in [0, 0.1) is 5.92 Å². The second-order valence-corrected chi connectivity index (χ2v) is 6.47. The third kappa shape index (κ3) is 3.59. The van der Waals surface area contributed by atoms with Crippen LogP contribution in [0.25, 0.3) is 0 Å². The predicted octanol–water partition coefficient (Wildman–Crippen LogP) is 0.609. The van der Waals surface area contributed by atoms with Crippen LogP contribution in [-0.4, -0.2) is 26.0 Å². The lowest BCUT2D eigenvalue weighted by atomic mass is 9.93. The van der Waals surface area contributed by atoms with Crippen LogP contribution in [-0.2, 0) is 9.84 Å². The summed E-state index contributed by atoms with van der Waals surface area (Å²) in [6.07, 6.45) is 2.40. The molecular formula is C10H20N2O2S. The van der Waals surface area contributed by atoms with Crippen LogP contribution in [0.2, 0.25) is 0 Å². The molecule has 0 bridgehead atoms. The van der Waals surface area contributed by atoms with E-state index in [9.17, 15) is 8.42 Å². The second-order valence-electron chi connectivity index (χ2n) is 4.24. The third-order valence-electron chi connectivity index (χ3n) is 3.06. The lowest BCUT2D eigenvalue weighted by molar-refractivity contribution is 0.382. The first-order chi connectivity index (χ1) is 6.98. The Hall–Kier alpha value is -0.390. The van der Waals surface area contributed by atoms with Gasteiger partial charge < -0.3 is 0 Å². The topological polar surface area (TPSA) is 72.2 Å². The lowest BCUT2D eigenvalue weighted by Crippen LogP contribution is -2.41. The van der Waals surface area contributed by atoms with Gasteiger partial charge in [-0.2, -0.15) is 0 Å². The molecule has 0 saturated carbocycles. The molecule has 0 radical (unpaired) electrons. The summed E-state index contributed by atoms with van der Waals surface area (Å²) in [4.78, 5) is 0. The van der Waals surface area contributed by atoms with Crippen molar-refractivity contribution in [2.45, 2.75) is 32.2 Å². The molecule has 2 unspecified atom stereocenters. The van der Waals surface area contributed by atoms with Crippen LogP contribution in [0.3, 0.4) is 0 Å². The number of hydrogen-bond donors (Lipinski definition) is 2. The highest BCUT2D eigenvalue weighted by molar-refractivity contribution is 7.91. The quantitative estimate of drug-likeness (QED) is 0.414. The van der Waals surface area contributed by atoms with Gasteiger partial charge in [0.15, 0.2) is 9.84 Å². The average Bonchev–Trinajstić information content (AvgIpc) is 2.54. The summed E-state index contributed by atoms with van der Waals surface area (Å²) in [5.41, 5.74) is 3.83. The van der Waals surface area contributed by atoms with E-state index in [0.717, 1.165) is 18.4 Å². The van der Waals surface area contributed by atoms with Crippen LogP contribution in [0.1, 0.15) is 26.2 Å². The summed E-state index contributed by atoms with van der Waals surface area (Å²) in [7, 11) is -2.82. The Morgan fingerprint density at radius 3 is 2.73 bits per heavy atom. The van der Waals surface area contributed by atoms with Crippen molar-refractivity contribution in [2.75, 3.05) is 11.5 Å². The van der Waals surface area contributed by atoms with Crippen LogP contribution >= 0.6 is 0 Å². The standard InChI is InChI=1S/C10H20N2O2S/c1-3-8(2)6-10(12-11)9-4-5-15(13,14)7-9/h9-10,12H,2-7,11H2,1H3. The normalized spacial score (nSPS) is 26.4. The van der Waals surface area contributed by atoms with E-state index in [4.69, 9.17) is 5.84 Å². The van der Waals surface area contributed by atoms with Crippen LogP contribution in [0.4, 0.5) is 0 Å². The van der Waals surface area contributed by atoms with E-state index in [0.29, 0.717) is 12.2 Å². The lowest BCUT2D eigenvalue weighted by Gasteiger charge is -2.22. The zero-order valence-electron chi connectivity index (χ0n) is 9.20. The Morgan fingerprint density at radius 2 is 2.33 bits per heavy atom. The zero-order chi connectivity index (χ0) is 11.5. The average molecular weight is 232 g/mol. The molecule has 0 aliphatic carbocycles. The second kappa shape index (κ2) is 5.09. The highest BCUT2D eigenvalue weighted by Gasteiger charge is 2.33. The fourth-order valence-electron chi connectivity index (χ4n) is 1.96. The van der Waals surface area contributed by atoms with Crippen molar-refractivity contribution in [1.82, 2.24) is 5.43 Å². The molecule has 3 N–H and O–H groups in total. The fourth-order valence-corrected chi connectivity index (χ4v) is 3.84. The molecule has 2 atom stereocenters. The first-order valence-electron chi connectivity index (χ1n) is 5.31. The number of hydrazine groups is 1. The van der Waals surface area contributed by atoms with Gasteiger partial charge in [-0.3, -0.25) is 11.3 Å². The highest BCUT2D eigenvalue weighted by Crippen LogP contribution is 2.25. The summed E-state index contributed by atoms with van der Waals surface area (Å²) in [6, 6.07) is 0.0507. The van der Waals surface area contributed by atoms with E-state index in [1.165, 1.54) is 0 Å². The van der Waals surface area contributed by atoms with Crippen LogP contribution in [0.15, 0.2) is 12.2 Å². The maximum absolute atomic E-state index is 11.3. The summed E-state index contributed by atoms with van der Waals surface area (Å²) in [6.45, 7) is 5.97. The van der Waals surface area contributed by atoms with Gasteiger partial charge in [-0.1, -0.05) is 19.1 Å². The van der Waals surface area contributed by atoms with Crippen molar-refractivity contribution in [3.8, 4) is 0 Å². The third-order valence-corrected chi connectivity index (χ3v) is 4.85. The van der Waals surface area contributed by atoms with Crippen molar-refractivity contribution in [2.24, 2.45) is 11.8 Å². The van der Waals surface area contributed by atoms with E-state index in [1.54, 1.807) is 0 Å². The number of hydrogen-bond acceptors (Lipinski definition) is 4. The summed E-state index contributed by atoms with van der Waals surface area (Å²) >= 11 is 0. The largest absolute Gasteiger partial charge is 0.271 e. The number of rotatable bonds is 5. The first-order valence-corrected chi connectivity index (χ1v) is 7.14.